The van der Waals surface area contributed by atoms with E-state index in [0.717, 1.165) is 22.5 Å². The van der Waals surface area contributed by atoms with Crippen molar-refractivity contribution in [2.45, 2.75) is 48.7 Å². The van der Waals surface area contributed by atoms with Crippen LogP contribution in [0.5, 0.6) is 11.5 Å². The zero-order valence-electron chi connectivity index (χ0n) is 19.6. The lowest BCUT2D eigenvalue weighted by Gasteiger charge is -2.25. The van der Waals surface area contributed by atoms with Crippen LogP contribution in [0.3, 0.4) is 0 Å². The van der Waals surface area contributed by atoms with Crippen LogP contribution in [0, 0.1) is 5.82 Å². The number of sulfonamides is 1. The lowest BCUT2D eigenvalue weighted by molar-refractivity contribution is -0.119. The normalized spacial score (nSPS) is 16.0. The number of halogens is 1. The van der Waals surface area contributed by atoms with Gasteiger partial charge in [0.2, 0.25) is 5.91 Å². The van der Waals surface area contributed by atoms with Crippen molar-refractivity contribution in [2.24, 2.45) is 0 Å². The predicted molar refractivity (Wildman–Crippen MR) is 135 cm³/mol. The molecule has 1 amide bonds. The highest BCUT2D eigenvalue weighted by Crippen LogP contribution is 2.34. The maximum absolute atomic E-state index is 14.0. The minimum absolute atomic E-state index is 0.0670. The second kappa shape index (κ2) is 12.0. The first-order valence-corrected chi connectivity index (χ1v) is 14.5. The molecule has 35 heavy (non-hydrogen) atoms. The van der Waals surface area contributed by atoms with Crippen LogP contribution in [0.25, 0.3) is 0 Å². The third-order valence-electron chi connectivity index (χ3n) is 6.03. The van der Waals surface area contributed by atoms with Crippen molar-refractivity contribution in [1.29, 1.82) is 0 Å². The molecule has 1 aliphatic heterocycles. The lowest BCUT2D eigenvalue weighted by atomic mass is 10.0. The second-order valence-electron chi connectivity index (χ2n) is 8.63. The summed E-state index contributed by atoms with van der Waals surface area (Å²) in [4.78, 5) is 12.7. The van der Waals surface area contributed by atoms with Gasteiger partial charge in [-0.2, -0.15) is 11.8 Å². The molecular weight excluding hydrogens is 491 g/mol. The molecule has 0 saturated heterocycles. The van der Waals surface area contributed by atoms with Crippen LogP contribution in [0.1, 0.15) is 38.5 Å². The van der Waals surface area contributed by atoms with Crippen LogP contribution in [0.4, 0.5) is 10.1 Å². The van der Waals surface area contributed by atoms with Crippen LogP contribution in [-0.2, 0) is 14.8 Å². The molecule has 1 heterocycles. The maximum atomic E-state index is 14.0. The summed E-state index contributed by atoms with van der Waals surface area (Å²) in [6, 6.07) is 9.50. The Labute approximate surface area is 210 Å². The van der Waals surface area contributed by atoms with Gasteiger partial charge >= 0.3 is 0 Å². The fraction of sp³-hybridized carbons (Fsp3) is 0.480. The Morgan fingerprint density at radius 1 is 1.06 bits per heavy atom. The number of rotatable bonds is 10. The van der Waals surface area contributed by atoms with E-state index in [4.69, 9.17) is 9.47 Å². The SMILES string of the molecule is O=C(CN(c1cccc(F)c1)S(=O)(=O)c1ccc2c(c1)OCCO2)NCCCSC1CCCCC1. The van der Waals surface area contributed by atoms with Crippen molar-refractivity contribution >= 4 is 33.4 Å². The maximum Gasteiger partial charge on any atom is 0.264 e. The molecule has 2 aromatic rings. The van der Waals surface area contributed by atoms with E-state index in [-0.39, 0.29) is 10.6 Å². The standard InChI is InChI=1S/C25H31FN2O5S2/c26-19-6-4-7-20(16-19)28(18-25(29)27-12-5-15-34-21-8-2-1-3-9-21)35(30,31)22-10-11-23-24(17-22)33-14-13-32-23/h4,6-7,10-11,16-17,21H,1-3,5,8-9,12-15,18H2,(H,27,29). The second-order valence-corrected chi connectivity index (χ2v) is 11.9. The molecule has 2 aromatic carbocycles. The van der Waals surface area contributed by atoms with Gasteiger partial charge in [0.1, 0.15) is 25.6 Å². The van der Waals surface area contributed by atoms with Gasteiger partial charge in [0.15, 0.2) is 11.5 Å². The largest absolute Gasteiger partial charge is 0.486 e. The predicted octanol–water partition coefficient (Wildman–Crippen LogP) is 4.36. The van der Waals surface area contributed by atoms with E-state index in [9.17, 15) is 17.6 Å². The van der Waals surface area contributed by atoms with E-state index in [1.807, 2.05) is 11.8 Å². The van der Waals surface area contributed by atoms with Gasteiger partial charge in [-0.25, -0.2) is 12.8 Å². The van der Waals surface area contributed by atoms with Crippen molar-refractivity contribution in [3.05, 3.63) is 48.3 Å². The number of hydrogen-bond donors (Lipinski definition) is 1. The average molecular weight is 523 g/mol. The summed E-state index contributed by atoms with van der Waals surface area (Å²) >= 11 is 1.95. The zero-order chi connectivity index (χ0) is 24.7. The number of ether oxygens (including phenoxy) is 2. The number of nitrogens with one attached hydrogen (secondary N) is 1. The number of thioether (sulfide) groups is 1. The molecule has 1 fully saturated rings. The molecule has 1 N–H and O–H groups in total. The first-order chi connectivity index (χ1) is 16.9. The minimum Gasteiger partial charge on any atom is -0.486 e. The first-order valence-electron chi connectivity index (χ1n) is 12.0. The number of carbonyl (C=O) groups is 1. The summed E-state index contributed by atoms with van der Waals surface area (Å²) in [5.74, 6) is 0.685. The average Bonchev–Trinajstić information content (AvgIpc) is 2.87. The number of benzene rings is 2. The van der Waals surface area contributed by atoms with Gasteiger partial charge in [-0.15, -0.1) is 0 Å². The Hall–Kier alpha value is -2.46. The Bertz CT molecular complexity index is 1120. The Morgan fingerprint density at radius 2 is 1.83 bits per heavy atom. The molecule has 1 aliphatic carbocycles. The molecular formula is C25H31FN2O5S2. The van der Waals surface area contributed by atoms with E-state index in [2.05, 4.69) is 5.32 Å². The third-order valence-corrected chi connectivity index (χ3v) is 9.27. The summed E-state index contributed by atoms with van der Waals surface area (Å²) in [5, 5.41) is 3.52. The van der Waals surface area contributed by atoms with Gasteiger partial charge in [-0.05, 0) is 55.3 Å². The molecule has 190 valence electrons. The van der Waals surface area contributed by atoms with Crippen molar-refractivity contribution in [1.82, 2.24) is 5.32 Å². The van der Waals surface area contributed by atoms with Gasteiger partial charge in [-0.1, -0.05) is 25.3 Å². The highest BCUT2D eigenvalue weighted by atomic mass is 32.2. The molecule has 0 bridgehead atoms. The smallest absolute Gasteiger partial charge is 0.264 e. The van der Waals surface area contributed by atoms with Crippen LogP contribution in [0.2, 0.25) is 0 Å². The molecule has 0 atom stereocenters. The van der Waals surface area contributed by atoms with Crippen molar-refractivity contribution in [3.8, 4) is 11.5 Å². The van der Waals surface area contributed by atoms with E-state index >= 15 is 0 Å². The highest BCUT2D eigenvalue weighted by molar-refractivity contribution is 7.99. The van der Waals surface area contributed by atoms with Crippen molar-refractivity contribution < 1.29 is 27.1 Å². The van der Waals surface area contributed by atoms with Crippen molar-refractivity contribution in [3.63, 3.8) is 0 Å². The molecule has 2 aliphatic rings. The molecule has 0 spiro atoms. The molecule has 1 saturated carbocycles. The number of amides is 1. The topological polar surface area (TPSA) is 84.9 Å². The lowest BCUT2D eigenvalue weighted by Crippen LogP contribution is -2.41. The van der Waals surface area contributed by atoms with E-state index in [1.54, 1.807) is 0 Å². The molecule has 4 rings (SSSR count). The minimum atomic E-state index is -4.18. The van der Waals surface area contributed by atoms with Gasteiger partial charge in [0.05, 0.1) is 10.6 Å². The summed E-state index contributed by atoms with van der Waals surface area (Å²) in [5.41, 5.74) is 0.0721. The molecule has 0 radical (unpaired) electrons. The fourth-order valence-corrected chi connectivity index (χ4v) is 6.97. The summed E-state index contributed by atoms with van der Waals surface area (Å²) < 4.78 is 53.0. The van der Waals surface area contributed by atoms with E-state index in [1.165, 1.54) is 68.5 Å². The highest BCUT2D eigenvalue weighted by Gasteiger charge is 2.29. The van der Waals surface area contributed by atoms with Gasteiger partial charge in [-0.3, -0.25) is 9.10 Å². The summed E-state index contributed by atoms with van der Waals surface area (Å²) in [7, 11) is -4.18. The Kier molecular flexibility index (Phi) is 8.78. The monoisotopic (exact) mass is 522 g/mol. The van der Waals surface area contributed by atoms with E-state index in [0.29, 0.717) is 36.5 Å². The Balaban J connectivity index is 1.42. The number of fused-ring (bicyclic) bond motifs is 1. The quantitative estimate of drug-likeness (QED) is 0.467. The van der Waals surface area contributed by atoms with Crippen LogP contribution in [-0.4, -0.2) is 51.6 Å². The molecule has 10 heteroatoms. The van der Waals surface area contributed by atoms with Gasteiger partial charge in [0.25, 0.3) is 10.0 Å². The van der Waals surface area contributed by atoms with Gasteiger partial charge in [0, 0.05) is 17.9 Å². The van der Waals surface area contributed by atoms with Crippen LogP contribution < -0.4 is 19.1 Å². The zero-order valence-corrected chi connectivity index (χ0v) is 21.2. The number of nitrogens with zero attached hydrogens (tertiary/aromatic N) is 1. The summed E-state index contributed by atoms with van der Waals surface area (Å²) in [6.07, 6.45) is 7.24. The third kappa shape index (κ3) is 6.82. The number of hydrogen-bond acceptors (Lipinski definition) is 6. The number of carbonyl (C=O) groups excluding carboxylic acids is 1. The molecule has 0 aromatic heterocycles. The summed E-state index contributed by atoms with van der Waals surface area (Å²) in [6.45, 7) is 0.689. The van der Waals surface area contributed by atoms with Crippen molar-refractivity contribution in [2.75, 3.05) is 36.4 Å². The van der Waals surface area contributed by atoms with Crippen LogP contribution in [0.15, 0.2) is 47.4 Å². The molecule has 0 unspecified atom stereocenters. The first kappa shape index (κ1) is 25.6. The fourth-order valence-electron chi connectivity index (χ4n) is 4.23. The van der Waals surface area contributed by atoms with Gasteiger partial charge < -0.3 is 14.8 Å². The Morgan fingerprint density at radius 3 is 2.60 bits per heavy atom. The number of anilines is 1. The van der Waals surface area contributed by atoms with E-state index < -0.39 is 28.3 Å². The molecule has 7 nitrogen and oxygen atoms in total. The van der Waals surface area contributed by atoms with Crippen LogP contribution >= 0.6 is 11.8 Å².